The summed E-state index contributed by atoms with van der Waals surface area (Å²) in [6.45, 7) is 0. The number of benzene rings is 4. The summed E-state index contributed by atoms with van der Waals surface area (Å²) in [4.78, 5) is 0. The third kappa shape index (κ3) is 2.27. The quantitative estimate of drug-likeness (QED) is 0.311. The first-order chi connectivity index (χ1) is 10.7. The van der Waals surface area contributed by atoms with Crippen molar-refractivity contribution in [2.24, 2.45) is 0 Å². The summed E-state index contributed by atoms with van der Waals surface area (Å²) in [6.07, 6.45) is 0. The van der Waals surface area contributed by atoms with E-state index in [1.807, 2.05) is 0 Å². The van der Waals surface area contributed by atoms with Gasteiger partial charge in [0.25, 0.3) is 0 Å². The lowest BCUT2D eigenvalue weighted by molar-refractivity contribution is 1.66. The van der Waals surface area contributed by atoms with Crippen LogP contribution in [0, 0.1) is 0 Å². The van der Waals surface area contributed by atoms with Crippen molar-refractivity contribution >= 4 is 53.4 Å². The first kappa shape index (κ1) is 14.0. The van der Waals surface area contributed by atoms with Crippen LogP contribution in [0.1, 0.15) is 0 Å². The fourth-order valence-corrected chi connectivity index (χ4v) is 3.85. The molecule has 0 radical (unpaired) electrons. The molecule has 4 aromatic rings. The van der Waals surface area contributed by atoms with Crippen molar-refractivity contribution in [3.63, 3.8) is 0 Å². The monoisotopic (exact) mass is 410 g/mol. The molecule has 0 unspecified atom stereocenters. The van der Waals surface area contributed by atoms with Gasteiger partial charge in [-0.25, -0.2) is 0 Å². The summed E-state index contributed by atoms with van der Waals surface area (Å²) in [6, 6.07) is 25.8. The van der Waals surface area contributed by atoms with Gasteiger partial charge in [0.05, 0.1) is 0 Å². The molecular formula is C20H12Br2. The smallest absolute Gasteiger partial charge is 0.0253 e. The molecule has 4 rings (SSSR count). The zero-order chi connectivity index (χ0) is 15.1. The lowest BCUT2D eigenvalue weighted by Crippen LogP contribution is -1.84. The highest BCUT2D eigenvalue weighted by Gasteiger charge is 2.09. The van der Waals surface area contributed by atoms with E-state index in [2.05, 4.69) is 105 Å². The van der Waals surface area contributed by atoms with Gasteiger partial charge in [-0.3, -0.25) is 0 Å². The second-order valence-electron chi connectivity index (χ2n) is 5.31. The van der Waals surface area contributed by atoms with Gasteiger partial charge in [0.2, 0.25) is 0 Å². The topological polar surface area (TPSA) is 0 Å². The molecule has 0 aliphatic rings. The highest BCUT2D eigenvalue weighted by Crippen LogP contribution is 2.36. The Morgan fingerprint density at radius 1 is 0.545 bits per heavy atom. The van der Waals surface area contributed by atoms with E-state index in [0.29, 0.717) is 0 Å². The molecule has 0 saturated carbocycles. The maximum Gasteiger partial charge on any atom is 0.0253 e. The third-order valence-corrected chi connectivity index (χ3v) is 5.19. The molecule has 0 fully saturated rings. The molecule has 2 heteroatoms. The van der Waals surface area contributed by atoms with E-state index in [-0.39, 0.29) is 0 Å². The molecule has 0 saturated heterocycles. The highest BCUT2D eigenvalue weighted by molar-refractivity contribution is 9.11. The normalized spacial score (nSPS) is 11.2. The predicted octanol–water partition coefficient (Wildman–Crippen LogP) is 7.19. The van der Waals surface area contributed by atoms with E-state index < -0.39 is 0 Å². The van der Waals surface area contributed by atoms with Crippen LogP contribution in [0.25, 0.3) is 32.7 Å². The molecule has 0 atom stereocenters. The average Bonchev–Trinajstić information content (AvgIpc) is 2.54. The van der Waals surface area contributed by atoms with E-state index >= 15 is 0 Å². The van der Waals surface area contributed by atoms with Gasteiger partial charge in [0.15, 0.2) is 0 Å². The van der Waals surface area contributed by atoms with Gasteiger partial charge in [-0.15, -0.1) is 0 Å². The minimum absolute atomic E-state index is 1.11. The molecule has 106 valence electrons. The highest BCUT2D eigenvalue weighted by atomic mass is 79.9. The van der Waals surface area contributed by atoms with Gasteiger partial charge < -0.3 is 0 Å². The van der Waals surface area contributed by atoms with Crippen molar-refractivity contribution in [2.75, 3.05) is 0 Å². The fourth-order valence-electron chi connectivity index (χ4n) is 2.99. The summed E-state index contributed by atoms with van der Waals surface area (Å²) in [5.74, 6) is 0. The second kappa shape index (κ2) is 5.53. The van der Waals surface area contributed by atoms with Crippen LogP contribution in [-0.4, -0.2) is 0 Å². The molecule has 0 aromatic heterocycles. The van der Waals surface area contributed by atoms with Crippen molar-refractivity contribution in [3.8, 4) is 11.1 Å². The van der Waals surface area contributed by atoms with Crippen molar-refractivity contribution in [1.29, 1.82) is 0 Å². The van der Waals surface area contributed by atoms with E-state index in [9.17, 15) is 0 Å². The molecule has 0 nitrogen and oxygen atoms in total. The van der Waals surface area contributed by atoms with Crippen LogP contribution >= 0.6 is 31.9 Å². The van der Waals surface area contributed by atoms with Crippen molar-refractivity contribution in [2.45, 2.75) is 0 Å². The number of fused-ring (bicyclic) bond motifs is 2. The van der Waals surface area contributed by atoms with Crippen LogP contribution < -0.4 is 0 Å². The number of halogens is 2. The largest absolute Gasteiger partial charge is 0.0610 e. The molecule has 0 spiro atoms. The summed E-state index contributed by atoms with van der Waals surface area (Å²) in [7, 11) is 0. The Kier molecular flexibility index (Phi) is 3.51. The maximum absolute atomic E-state index is 3.66. The zero-order valence-corrected chi connectivity index (χ0v) is 14.9. The van der Waals surface area contributed by atoms with E-state index in [0.717, 1.165) is 8.95 Å². The summed E-state index contributed by atoms with van der Waals surface area (Å²) in [5, 5.41) is 5.04. The number of hydrogen-bond acceptors (Lipinski definition) is 0. The maximum atomic E-state index is 3.66. The van der Waals surface area contributed by atoms with Crippen molar-refractivity contribution in [3.05, 3.63) is 81.7 Å². The Balaban J connectivity index is 2.12. The van der Waals surface area contributed by atoms with Crippen LogP contribution in [-0.2, 0) is 0 Å². The lowest BCUT2D eigenvalue weighted by Gasteiger charge is -2.11. The van der Waals surface area contributed by atoms with Gasteiger partial charge in [-0.2, -0.15) is 0 Å². The Morgan fingerprint density at radius 2 is 1.23 bits per heavy atom. The minimum atomic E-state index is 1.11. The van der Waals surface area contributed by atoms with E-state index in [1.54, 1.807) is 0 Å². The molecular weight excluding hydrogens is 400 g/mol. The SMILES string of the molecule is Brc1ccc2cccc(-c3cccc4c(Br)cccc34)c2c1. The zero-order valence-electron chi connectivity index (χ0n) is 11.7. The molecule has 0 heterocycles. The third-order valence-electron chi connectivity index (χ3n) is 4.00. The Hall–Kier alpha value is -1.64. The first-order valence-electron chi connectivity index (χ1n) is 7.10. The molecule has 0 amide bonds. The molecule has 4 aromatic carbocycles. The van der Waals surface area contributed by atoms with Crippen LogP contribution in [0.4, 0.5) is 0 Å². The lowest BCUT2D eigenvalue weighted by atomic mass is 9.94. The van der Waals surface area contributed by atoms with Gasteiger partial charge in [-0.1, -0.05) is 86.5 Å². The van der Waals surface area contributed by atoms with Gasteiger partial charge in [0, 0.05) is 8.95 Å². The minimum Gasteiger partial charge on any atom is -0.0610 e. The average molecular weight is 412 g/mol. The number of hydrogen-bond donors (Lipinski definition) is 0. The fraction of sp³-hybridized carbons (Fsp3) is 0. The van der Waals surface area contributed by atoms with Crippen LogP contribution in [0.5, 0.6) is 0 Å². The molecule has 0 aliphatic carbocycles. The van der Waals surface area contributed by atoms with Crippen LogP contribution in [0.15, 0.2) is 81.7 Å². The molecule has 0 bridgehead atoms. The Morgan fingerprint density at radius 3 is 2.09 bits per heavy atom. The Labute approximate surface area is 146 Å². The van der Waals surface area contributed by atoms with Gasteiger partial charge in [-0.05, 0) is 50.9 Å². The van der Waals surface area contributed by atoms with Crippen LogP contribution in [0.3, 0.4) is 0 Å². The Bertz CT molecular complexity index is 991. The van der Waals surface area contributed by atoms with Crippen molar-refractivity contribution < 1.29 is 0 Å². The predicted molar refractivity (Wildman–Crippen MR) is 102 cm³/mol. The summed E-state index contributed by atoms with van der Waals surface area (Å²) >= 11 is 7.25. The van der Waals surface area contributed by atoms with E-state index in [1.165, 1.54) is 32.7 Å². The standard InChI is InChI=1S/C20H12Br2/c21-14-11-10-13-4-1-5-17(19(13)12-14)15-6-2-8-18-16(15)7-3-9-20(18)22/h1-12H. The first-order valence-corrected chi connectivity index (χ1v) is 8.68. The van der Waals surface area contributed by atoms with Gasteiger partial charge in [0.1, 0.15) is 0 Å². The molecule has 22 heavy (non-hydrogen) atoms. The summed E-state index contributed by atoms with van der Waals surface area (Å²) in [5.41, 5.74) is 2.53. The van der Waals surface area contributed by atoms with Crippen molar-refractivity contribution in [1.82, 2.24) is 0 Å². The number of rotatable bonds is 1. The molecule has 0 N–H and O–H groups in total. The second-order valence-corrected chi connectivity index (χ2v) is 7.08. The van der Waals surface area contributed by atoms with Gasteiger partial charge >= 0.3 is 0 Å². The van der Waals surface area contributed by atoms with E-state index in [4.69, 9.17) is 0 Å². The van der Waals surface area contributed by atoms with Crippen LogP contribution in [0.2, 0.25) is 0 Å². The molecule has 0 aliphatic heterocycles. The summed E-state index contributed by atoms with van der Waals surface area (Å²) < 4.78 is 2.24.